The number of carbonyl (C=O) groups excluding carboxylic acids is 2. The molecule has 8 nitrogen and oxygen atoms in total. The van der Waals surface area contributed by atoms with E-state index in [9.17, 15) is 9.59 Å². The molecule has 0 bridgehead atoms. The first kappa shape index (κ1) is 17.7. The van der Waals surface area contributed by atoms with Gasteiger partial charge in [-0.1, -0.05) is 11.8 Å². The maximum Gasteiger partial charge on any atom is 0.251 e. The minimum absolute atomic E-state index is 0.171. The molecule has 3 rings (SSSR count). The van der Waals surface area contributed by atoms with Gasteiger partial charge in [0.1, 0.15) is 12.1 Å². The van der Waals surface area contributed by atoms with E-state index < -0.39 is 0 Å². The number of benzene rings is 1. The Hall–Kier alpha value is -3.07. The lowest BCUT2D eigenvalue weighted by Crippen LogP contribution is -2.18. The van der Waals surface area contributed by atoms with E-state index in [1.807, 2.05) is 16.7 Å². The topological polar surface area (TPSA) is 102 Å². The number of amides is 2. The Morgan fingerprint density at radius 1 is 1.23 bits per heavy atom. The normalized spacial score (nSPS) is 10.5. The van der Waals surface area contributed by atoms with Crippen LogP contribution in [0.25, 0.3) is 0 Å². The lowest BCUT2D eigenvalue weighted by molar-refractivity contribution is -0.113. The molecule has 0 saturated carbocycles. The number of thioether (sulfide) groups is 1. The minimum Gasteiger partial charge on any atom is -0.467 e. The predicted molar refractivity (Wildman–Crippen MR) is 97.0 cm³/mol. The molecule has 0 spiro atoms. The molecule has 0 unspecified atom stereocenters. The molecule has 1 aromatic carbocycles. The number of nitrogens with one attached hydrogen (secondary N) is 2. The third kappa shape index (κ3) is 4.51. The summed E-state index contributed by atoms with van der Waals surface area (Å²) >= 11 is 1.29. The van der Waals surface area contributed by atoms with Crippen LogP contribution >= 0.6 is 11.8 Å². The van der Waals surface area contributed by atoms with Crippen molar-refractivity contribution < 1.29 is 14.0 Å². The summed E-state index contributed by atoms with van der Waals surface area (Å²) in [5.41, 5.74) is 1.16. The number of rotatable bonds is 7. The van der Waals surface area contributed by atoms with Gasteiger partial charge in [-0.25, -0.2) is 0 Å². The minimum atomic E-state index is -0.172. The molecule has 9 heteroatoms. The fraction of sp³-hybridized carbons (Fsp3) is 0.176. The van der Waals surface area contributed by atoms with Crippen molar-refractivity contribution in [1.82, 2.24) is 20.1 Å². The zero-order chi connectivity index (χ0) is 18.4. The summed E-state index contributed by atoms with van der Waals surface area (Å²) in [5.74, 6) is 0.630. The molecular weight excluding hydrogens is 354 g/mol. The van der Waals surface area contributed by atoms with Crippen LogP contribution in [0.1, 0.15) is 16.1 Å². The maximum atomic E-state index is 12.1. The molecule has 2 aromatic heterocycles. The summed E-state index contributed by atoms with van der Waals surface area (Å²) in [4.78, 5) is 23.6. The molecule has 0 aliphatic carbocycles. The Bertz CT molecular complexity index is 874. The summed E-state index contributed by atoms with van der Waals surface area (Å²) in [6.45, 7) is 0.505. The highest BCUT2D eigenvalue weighted by Crippen LogP contribution is 2.17. The highest BCUT2D eigenvalue weighted by atomic mass is 32.2. The van der Waals surface area contributed by atoms with Gasteiger partial charge in [-0.2, -0.15) is 0 Å². The molecule has 26 heavy (non-hydrogen) atoms. The van der Waals surface area contributed by atoms with Crippen molar-refractivity contribution in [3.05, 3.63) is 60.3 Å². The van der Waals surface area contributed by atoms with Crippen molar-refractivity contribution in [3.8, 4) is 0 Å². The van der Waals surface area contributed by atoms with Crippen molar-refractivity contribution in [3.63, 3.8) is 0 Å². The summed E-state index contributed by atoms with van der Waals surface area (Å²) in [6.07, 6.45) is 3.20. The van der Waals surface area contributed by atoms with E-state index in [0.717, 1.165) is 5.76 Å². The fourth-order valence-corrected chi connectivity index (χ4v) is 2.93. The highest BCUT2D eigenvalue weighted by molar-refractivity contribution is 7.99. The first-order valence-corrected chi connectivity index (χ1v) is 8.79. The SMILES string of the molecule is CNC(=O)c1ccc(NC(=O)CSc2nncn2Cc2ccco2)cc1. The first-order chi connectivity index (χ1) is 12.7. The number of carbonyl (C=O) groups is 2. The van der Waals surface area contributed by atoms with E-state index in [0.29, 0.717) is 23.0 Å². The van der Waals surface area contributed by atoms with E-state index in [-0.39, 0.29) is 17.6 Å². The molecule has 0 atom stereocenters. The number of hydrogen-bond donors (Lipinski definition) is 2. The van der Waals surface area contributed by atoms with Gasteiger partial charge in [-0.05, 0) is 36.4 Å². The zero-order valence-corrected chi connectivity index (χ0v) is 14.8. The Balaban J connectivity index is 1.53. The van der Waals surface area contributed by atoms with Crippen LogP contribution in [-0.2, 0) is 11.3 Å². The molecule has 0 saturated heterocycles. The van der Waals surface area contributed by atoms with Crippen molar-refractivity contribution in [2.75, 3.05) is 18.1 Å². The smallest absolute Gasteiger partial charge is 0.251 e. The second-order valence-corrected chi connectivity index (χ2v) is 6.26. The van der Waals surface area contributed by atoms with Crippen molar-refractivity contribution in [2.24, 2.45) is 0 Å². The summed E-state index contributed by atoms with van der Waals surface area (Å²) in [5, 5.41) is 13.9. The Labute approximate surface area is 154 Å². The molecule has 0 aliphatic rings. The average Bonchev–Trinajstić information content (AvgIpc) is 3.32. The molecule has 0 aliphatic heterocycles. The van der Waals surface area contributed by atoms with Gasteiger partial charge in [-0.3, -0.25) is 9.59 Å². The number of furan rings is 1. The first-order valence-electron chi connectivity index (χ1n) is 7.80. The van der Waals surface area contributed by atoms with Crippen LogP contribution in [0.15, 0.2) is 58.6 Å². The van der Waals surface area contributed by atoms with E-state index in [1.54, 1.807) is 43.9 Å². The Morgan fingerprint density at radius 2 is 2.04 bits per heavy atom. The largest absolute Gasteiger partial charge is 0.467 e. The maximum absolute atomic E-state index is 12.1. The number of anilines is 1. The third-order valence-electron chi connectivity index (χ3n) is 3.48. The average molecular weight is 371 g/mol. The summed E-state index contributed by atoms with van der Waals surface area (Å²) < 4.78 is 7.12. The van der Waals surface area contributed by atoms with Gasteiger partial charge in [0.05, 0.1) is 18.6 Å². The quantitative estimate of drug-likeness (QED) is 0.616. The van der Waals surface area contributed by atoms with E-state index >= 15 is 0 Å². The molecule has 2 N–H and O–H groups in total. The van der Waals surface area contributed by atoms with Gasteiger partial charge in [0.2, 0.25) is 5.91 Å². The van der Waals surface area contributed by atoms with Crippen molar-refractivity contribution in [1.29, 1.82) is 0 Å². The molecule has 3 aromatic rings. The standard InChI is InChI=1S/C17H17N5O3S/c1-18-16(24)12-4-6-13(7-5-12)20-15(23)10-26-17-21-19-11-22(17)9-14-3-2-8-25-14/h2-8,11H,9-10H2,1H3,(H,18,24)(H,20,23). The number of aromatic nitrogens is 3. The van der Waals surface area contributed by atoms with Crippen LogP contribution < -0.4 is 10.6 Å². The zero-order valence-electron chi connectivity index (χ0n) is 14.0. The van der Waals surface area contributed by atoms with E-state index in [1.165, 1.54) is 11.8 Å². The lowest BCUT2D eigenvalue weighted by Gasteiger charge is -2.07. The van der Waals surface area contributed by atoms with E-state index in [4.69, 9.17) is 4.42 Å². The Morgan fingerprint density at radius 3 is 2.73 bits per heavy atom. The molecule has 2 amide bonds. The third-order valence-corrected chi connectivity index (χ3v) is 4.46. The van der Waals surface area contributed by atoms with Gasteiger partial charge in [0.15, 0.2) is 5.16 Å². The van der Waals surface area contributed by atoms with Crippen molar-refractivity contribution >= 4 is 29.3 Å². The number of hydrogen-bond acceptors (Lipinski definition) is 6. The van der Waals surface area contributed by atoms with Crippen molar-refractivity contribution in [2.45, 2.75) is 11.7 Å². The highest BCUT2D eigenvalue weighted by Gasteiger charge is 2.11. The summed E-state index contributed by atoms with van der Waals surface area (Å²) in [6, 6.07) is 10.4. The van der Waals surface area contributed by atoms with Gasteiger partial charge in [0, 0.05) is 18.3 Å². The summed E-state index contributed by atoms with van der Waals surface area (Å²) in [7, 11) is 1.57. The second-order valence-electron chi connectivity index (χ2n) is 5.31. The van der Waals surface area contributed by atoms with Crippen LogP contribution in [-0.4, -0.2) is 39.4 Å². The molecule has 134 valence electrons. The second kappa shape index (κ2) is 8.34. The van der Waals surface area contributed by atoms with Gasteiger partial charge < -0.3 is 19.6 Å². The lowest BCUT2D eigenvalue weighted by atomic mass is 10.2. The fourth-order valence-electron chi connectivity index (χ4n) is 2.21. The number of nitrogens with zero attached hydrogens (tertiary/aromatic N) is 3. The van der Waals surface area contributed by atoms with E-state index in [2.05, 4.69) is 20.8 Å². The van der Waals surface area contributed by atoms with Crippen LogP contribution in [0.2, 0.25) is 0 Å². The predicted octanol–water partition coefficient (Wildman–Crippen LogP) is 2.01. The van der Waals surface area contributed by atoms with Crippen LogP contribution in [0.5, 0.6) is 0 Å². The van der Waals surface area contributed by atoms with Gasteiger partial charge >= 0.3 is 0 Å². The molecular formula is C17H17N5O3S. The Kier molecular flexibility index (Phi) is 5.69. The molecule has 0 radical (unpaired) electrons. The van der Waals surface area contributed by atoms with Gasteiger partial charge in [0.25, 0.3) is 5.91 Å². The monoisotopic (exact) mass is 371 g/mol. The van der Waals surface area contributed by atoms with Gasteiger partial charge in [-0.15, -0.1) is 10.2 Å². The molecule has 2 heterocycles. The van der Waals surface area contributed by atoms with Crippen LogP contribution in [0.3, 0.4) is 0 Å². The molecule has 0 fully saturated rings. The van der Waals surface area contributed by atoms with Crippen LogP contribution in [0, 0.1) is 0 Å². The van der Waals surface area contributed by atoms with Crippen LogP contribution in [0.4, 0.5) is 5.69 Å².